The number of piperidine rings is 1. The van der Waals surface area contributed by atoms with Crippen LogP contribution in [0.3, 0.4) is 0 Å². The lowest BCUT2D eigenvalue weighted by Gasteiger charge is -2.33. The summed E-state index contributed by atoms with van der Waals surface area (Å²) < 4.78 is 5.54. The zero-order valence-corrected chi connectivity index (χ0v) is 12.0. The standard InChI is InChI=1S/C16H23NO3/c1-2-20-15-8-4-3-7-14(15)16(19)17-10-5-6-13(12-17)9-11-18/h3-4,7-8,13,18H,2,5-6,9-12H2,1H3. The summed E-state index contributed by atoms with van der Waals surface area (Å²) in [7, 11) is 0. The van der Waals surface area contributed by atoms with Crippen LogP contribution in [0.4, 0.5) is 0 Å². The normalized spacial score (nSPS) is 18.9. The highest BCUT2D eigenvalue weighted by Crippen LogP contribution is 2.24. The quantitative estimate of drug-likeness (QED) is 0.898. The Balaban J connectivity index is 2.10. The third-order valence-corrected chi connectivity index (χ3v) is 3.76. The molecule has 1 atom stereocenters. The molecule has 0 spiro atoms. The fraction of sp³-hybridized carbons (Fsp3) is 0.562. The third-order valence-electron chi connectivity index (χ3n) is 3.76. The van der Waals surface area contributed by atoms with Crippen molar-refractivity contribution in [1.29, 1.82) is 0 Å². The molecule has 1 amide bonds. The summed E-state index contributed by atoms with van der Waals surface area (Å²) in [5.74, 6) is 1.11. The zero-order chi connectivity index (χ0) is 14.4. The molecule has 1 fully saturated rings. The SMILES string of the molecule is CCOc1ccccc1C(=O)N1CCCC(CCO)C1. The molecule has 20 heavy (non-hydrogen) atoms. The number of ether oxygens (including phenoxy) is 1. The molecular formula is C16H23NO3. The Morgan fingerprint density at radius 2 is 2.25 bits per heavy atom. The number of amides is 1. The highest BCUT2D eigenvalue weighted by molar-refractivity contribution is 5.97. The number of nitrogens with zero attached hydrogens (tertiary/aromatic N) is 1. The van der Waals surface area contributed by atoms with Crippen molar-refractivity contribution < 1.29 is 14.6 Å². The minimum Gasteiger partial charge on any atom is -0.493 e. The Morgan fingerprint density at radius 3 is 3.00 bits per heavy atom. The number of benzene rings is 1. The number of likely N-dealkylation sites (tertiary alicyclic amines) is 1. The van der Waals surface area contributed by atoms with Gasteiger partial charge in [-0.05, 0) is 44.2 Å². The number of hydrogen-bond donors (Lipinski definition) is 1. The smallest absolute Gasteiger partial charge is 0.257 e. The van der Waals surface area contributed by atoms with Crippen LogP contribution < -0.4 is 4.74 Å². The first-order chi connectivity index (χ1) is 9.76. The molecular weight excluding hydrogens is 254 g/mol. The van der Waals surface area contributed by atoms with Crippen LogP contribution in [-0.2, 0) is 0 Å². The summed E-state index contributed by atoms with van der Waals surface area (Å²) in [6.07, 6.45) is 2.88. The molecule has 1 aromatic carbocycles. The van der Waals surface area contributed by atoms with E-state index in [1.807, 2.05) is 36.1 Å². The van der Waals surface area contributed by atoms with E-state index in [1.54, 1.807) is 0 Å². The van der Waals surface area contributed by atoms with Gasteiger partial charge in [0.1, 0.15) is 5.75 Å². The summed E-state index contributed by atoms with van der Waals surface area (Å²) in [6.45, 7) is 4.19. The van der Waals surface area contributed by atoms with Crippen molar-refractivity contribution >= 4 is 5.91 Å². The Hall–Kier alpha value is -1.55. The van der Waals surface area contributed by atoms with Gasteiger partial charge >= 0.3 is 0 Å². The second-order valence-corrected chi connectivity index (χ2v) is 5.20. The van der Waals surface area contributed by atoms with Gasteiger partial charge in [-0.3, -0.25) is 4.79 Å². The van der Waals surface area contributed by atoms with E-state index in [2.05, 4.69) is 0 Å². The fourth-order valence-electron chi connectivity index (χ4n) is 2.76. The molecule has 1 aliphatic rings. The number of para-hydroxylation sites is 1. The fourth-order valence-corrected chi connectivity index (χ4v) is 2.76. The second kappa shape index (κ2) is 7.29. The predicted octanol–water partition coefficient (Wildman–Crippen LogP) is 2.32. The lowest BCUT2D eigenvalue weighted by molar-refractivity contribution is 0.0649. The van der Waals surface area contributed by atoms with Gasteiger partial charge in [0.15, 0.2) is 0 Å². The maximum absolute atomic E-state index is 12.6. The minimum absolute atomic E-state index is 0.0386. The number of aliphatic hydroxyl groups excluding tert-OH is 1. The van der Waals surface area contributed by atoms with Crippen LogP contribution in [0.1, 0.15) is 36.5 Å². The first-order valence-electron chi connectivity index (χ1n) is 7.38. The average Bonchev–Trinajstić information content (AvgIpc) is 2.48. The van der Waals surface area contributed by atoms with Crippen molar-refractivity contribution in [2.45, 2.75) is 26.2 Å². The molecule has 0 bridgehead atoms. The molecule has 1 aliphatic heterocycles. The third kappa shape index (κ3) is 3.51. The predicted molar refractivity (Wildman–Crippen MR) is 77.9 cm³/mol. The Kier molecular flexibility index (Phi) is 5.41. The Labute approximate surface area is 120 Å². The second-order valence-electron chi connectivity index (χ2n) is 5.20. The molecule has 1 saturated heterocycles. The van der Waals surface area contributed by atoms with E-state index in [4.69, 9.17) is 9.84 Å². The van der Waals surface area contributed by atoms with E-state index in [-0.39, 0.29) is 12.5 Å². The highest BCUT2D eigenvalue weighted by Gasteiger charge is 2.25. The largest absolute Gasteiger partial charge is 0.493 e. The summed E-state index contributed by atoms with van der Waals surface area (Å²) in [5, 5.41) is 9.05. The monoisotopic (exact) mass is 277 g/mol. The first-order valence-corrected chi connectivity index (χ1v) is 7.38. The van der Waals surface area contributed by atoms with Crippen molar-refractivity contribution in [2.75, 3.05) is 26.3 Å². The molecule has 0 saturated carbocycles. The highest BCUT2D eigenvalue weighted by atomic mass is 16.5. The lowest BCUT2D eigenvalue weighted by Crippen LogP contribution is -2.40. The van der Waals surface area contributed by atoms with Crippen LogP contribution >= 0.6 is 0 Å². The van der Waals surface area contributed by atoms with Crippen LogP contribution in [0.5, 0.6) is 5.75 Å². The average molecular weight is 277 g/mol. The number of rotatable bonds is 5. The first kappa shape index (κ1) is 14.9. The van der Waals surface area contributed by atoms with E-state index >= 15 is 0 Å². The Bertz CT molecular complexity index is 445. The van der Waals surface area contributed by atoms with Crippen molar-refractivity contribution in [3.63, 3.8) is 0 Å². The van der Waals surface area contributed by atoms with Crippen molar-refractivity contribution in [1.82, 2.24) is 4.90 Å². The van der Waals surface area contributed by atoms with Crippen LogP contribution in [0.2, 0.25) is 0 Å². The summed E-state index contributed by atoms with van der Waals surface area (Å²) in [6, 6.07) is 7.41. The summed E-state index contributed by atoms with van der Waals surface area (Å²) in [5.41, 5.74) is 0.638. The molecule has 4 nitrogen and oxygen atoms in total. The van der Waals surface area contributed by atoms with Gasteiger partial charge in [0.25, 0.3) is 5.91 Å². The van der Waals surface area contributed by atoms with Crippen molar-refractivity contribution in [2.24, 2.45) is 5.92 Å². The Morgan fingerprint density at radius 1 is 1.45 bits per heavy atom. The van der Waals surface area contributed by atoms with E-state index in [1.165, 1.54) is 0 Å². The molecule has 4 heteroatoms. The van der Waals surface area contributed by atoms with Gasteiger partial charge in [0.2, 0.25) is 0 Å². The molecule has 0 radical (unpaired) electrons. The van der Waals surface area contributed by atoms with E-state index in [9.17, 15) is 4.79 Å². The van der Waals surface area contributed by atoms with E-state index < -0.39 is 0 Å². The van der Waals surface area contributed by atoms with Gasteiger partial charge in [0.05, 0.1) is 12.2 Å². The van der Waals surface area contributed by atoms with Gasteiger partial charge in [-0.15, -0.1) is 0 Å². The summed E-state index contributed by atoms with van der Waals surface area (Å²) >= 11 is 0. The van der Waals surface area contributed by atoms with Gasteiger partial charge < -0.3 is 14.7 Å². The maximum Gasteiger partial charge on any atom is 0.257 e. The minimum atomic E-state index is 0.0386. The molecule has 1 N–H and O–H groups in total. The molecule has 1 unspecified atom stereocenters. The lowest BCUT2D eigenvalue weighted by atomic mass is 9.94. The van der Waals surface area contributed by atoms with E-state index in [0.29, 0.717) is 23.8 Å². The molecule has 1 heterocycles. The van der Waals surface area contributed by atoms with Gasteiger partial charge in [0, 0.05) is 19.7 Å². The van der Waals surface area contributed by atoms with Crippen LogP contribution in [0.15, 0.2) is 24.3 Å². The van der Waals surface area contributed by atoms with Gasteiger partial charge in [-0.25, -0.2) is 0 Å². The topological polar surface area (TPSA) is 49.8 Å². The summed E-state index contributed by atoms with van der Waals surface area (Å²) in [4.78, 5) is 14.5. The van der Waals surface area contributed by atoms with Gasteiger partial charge in [-0.1, -0.05) is 12.1 Å². The van der Waals surface area contributed by atoms with Crippen molar-refractivity contribution in [3.8, 4) is 5.75 Å². The molecule has 0 aromatic heterocycles. The number of carbonyl (C=O) groups excluding carboxylic acids is 1. The van der Waals surface area contributed by atoms with Crippen LogP contribution in [-0.4, -0.2) is 42.2 Å². The molecule has 110 valence electrons. The number of hydrogen-bond acceptors (Lipinski definition) is 3. The van der Waals surface area contributed by atoms with Gasteiger partial charge in [-0.2, -0.15) is 0 Å². The van der Waals surface area contributed by atoms with E-state index in [0.717, 1.165) is 32.4 Å². The number of carbonyl (C=O) groups is 1. The maximum atomic E-state index is 12.6. The van der Waals surface area contributed by atoms with Crippen LogP contribution in [0, 0.1) is 5.92 Å². The zero-order valence-electron chi connectivity index (χ0n) is 12.0. The van der Waals surface area contributed by atoms with Crippen LogP contribution in [0.25, 0.3) is 0 Å². The van der Waals surface area contributed by atoms with Crippen molar-refractivity contribution in [3.05, 3.63) is 29.8 Å². The molecule has 0 aliphatic carbocycles. The molecule has 1 aromatic rings. The number of aliphatic hydroxyl groups is 1. The molecule has 2 rings (SSSR count).